The van der Waals surface area contributed by atoms with Crippen LogP contribution in [0.2, 0.25) is 0 Å². The van der Waals surface area contributed by atoms with Crippen LogP contribution in [0.3, 0.4) is 0 Å². The maximum Gasteiger partial charge on any atom is 0.349 e. The Balaban J connectivity index is 1.48. The Morgan fingerprint density at radius 3 is 2.27 bits per heavy atom. The van der Waals surface area contributed by atoms with E-state index in [-0.39, 0.29) is 5.91 Å². The normalized spacial score (nSPS) is 14.6. The predicted octanol–water partition coefficient (Wildman–Crippen LogP) is 6.01. The summed E-state index contributed by atoms with van der Waals surface area (Å²) >= 11 is 1.52. The van der Waals surface area contributed by atoms with Gasteiger partial charge in [-0.15, -0.1) is 11.3 Å². The van der Waals surface area contributed by atoms with Crippen LogP contribution in [0.5, 0.6) is 0 Å². The molecule has 0 saturated carbocycles. The Morgan fingerprint density at radius 1 is 1.00 bits per heavy atom. The average molecular weight is 418 g/mol. The third kappa shape index (κ3) is 3.14. The van der Waals surface area contributed by atoms with Gasteiger partial charge in [-0.05, 0) is 55.9 Å². The molecule has 0 N–H and O–H groups in total. The van der Waals surface area contributed by atoms with Gasteiger partial charge < -0.3 is 4.74 Å². The molecular formula is C25H23NO3S. The van der Waals surface area contributed by atoms with Crippen molar-refractivity contribution in [3.63, 3.8) is 0 Å². The molecule has 0 aliphatic heterocycles. The smallest absolute Gasteiger partial charge is 0.349 e. The second-order valence-electron chi connectivity index (χ2n) is 7.78. The van der Waals surface area contributed by atoms with Gasteiger partial charge in [-0.25, -0.2) is 4.79 Å². The summed E-state index contributed by atoms with van der Waals surface area (Å²) in [5.74, 6) is -0.597. The van der Waals surface area contributed by atoms with Crippen LogP contribution in [0.25, 0.3) is 21.8 Å². The number of ether oxygens (including phenoxy) is 1. The van der Waals surface area contributed by atoms with Crippen LogP contribution in [-0.2, 0) is 17.6 Å². The summed E-state index contributed by atoms with van der Waals surface area (Å²) in [6.07, 6.45) is 4.00. The van der Waals surface area contributed by atoms with Crippen LogP contribution < -0.4 is 0 Å². The second kappa shape index (κ2) is 7.73. The lowest BCUT2D eigenvalue weighted by Crippen LogP contribution is -2.31. The summed E-state index contributed by atoms with van der Waals surface area (Å²) in [4.78, 5) is 28.3. The Labute approximate surface area is 179 Å². The van der Waals surface area contributed by atoms with Gasteiger partial charge in [-0.1, -0.05) is 43.3 Å². The highest BCUT2D eigenvalue weighted by atomic mass is 32.1. The maximum atomic E-state index is 13.5. The third-order valence-electron chi connectivity index (χ3n) is 5.89. The minimum absolute atomic E-state index is 0.204. The van der Waals surface area contributed by atoms with Crippen LogP contribution in [0.15, 0.2) is 54.6 Å². The highest BCUT2D eigenvalue weighted by Gasteiger charge is 2.28. The summed E-state index contributed by atoms with van der Waals surface area (Å²) in [5, 5.41) is 2.04. The number of rotatable bonds is 4. The van der Waals surface area contributed by atoms with Gasteiger partial charge in [0.1, 0.15) is 4.88 Å². The first-order valence-electron chi connectivity index (χ1n) is 10.5. The molecule has 0 spiro atoms. The molecule has 1 atom stereocenters. The number of hydrogen-bond acceptors (Lipinski definition) is 4. The fourth-order valence-electron chi connectivity index (χ4n) is 4.39. The van der Waals surface area contributed by atoms with E-state index in [2.05, 4.69) is 0 Å². The molecule has 1 unspecified atom stereocenters. The Kier molecular flexibility index (Phi) is 4.91. The first kappa shape index (κ1) is 19.1. The molecule has 0 amide bonds. The van der Waals surface area contributed by atoms with Crippen molar-refractivity contribution in [2.24, 2.45) is 0 Å². The van der Waals surface area contributed by atoms with Gasteiger partial charge in [-0.3, -0.25) is 9.36 Å². The molecule has 4 aromatic rings. The first-order valence-corrected chi connectivity index (χ1v) is 11.3. The maximum absolute atomic E-state index is 13.5. The van der Waals surface area contributed by atoms with E-state index < -0.39 is 12.1 Å². The summed E-state index contributed by atoms with van der Waals surface area (Å²) in [6.45, 7) is 1.88. The summed E-state index contributed by atoms with van der Waals surface area (Å²) in [6, 6.07) is 17.7. The van der Waals surface area contributed by atoms with E-state index in [4.69, 9.17) is 4.74 Å². The fourth-order valence-corrected chi connectivity index (χ4v) is 5.53. The molecule has 5 rings (SSSR count). The number of aryl methyl sites for hydroxylation is 2. The van der Waals surface area contributed by atoms with Gasteiger partial charge in [0.2, 0.25) is 0 Å². The molecule has 0 fully saturated rings. The number of para-hydroxylation sites is 2. The van der Waals surface area contributed by atoms with Crippen molar-refractivity contribution in [1.29, 1.82) is 0 Å². The van der Waals surface area contributed by atoms with Crippen molar-refractivity contribution in [2.75, 3.05) is 0 Å². The number of fused-ring (bicyclic) bond motifs is 4. The van der Waals surface area contributed by atoms with Gasteiger partial charge in [0.25, 0.3) is 5.91 Å². The van der Waals surface area contributed by atoms with Crippen molar-refractivity contribution in [1.82, 2.24) is 4.57 Å². The van der Waals surface area contributed by atoms with Crippen LogP contribution in [-0.4, -0.2) is 22.5 Å². The molecule has 5 heteroatoms. The molecular weight excluding hydrogens is 394 g/mol. The van der Waals surface area contributed by atoms with E-state index >= 15 is 0 Å². The molecule has 4 nitrogen and oxygen atoms in total. The molecule has 2 aromatic carbocycles. The Bertz CT molecular complexity index is 1190. The molecule has 0 bridgehead atoms. The first-order chi connectivity index (χ1) is 14.7. The third-order valence-corrected chi connectivity index (χ3v) is 7.11. The number of nitrogens with zero attached hydrogens (tertiary/aromatic N) is 1. The van der Waals surface area contributed by atoms with E-state index in [1.165, 1.54) is 34.6 Å². The van der Waals surface area contributed by atoms with Crippen molar-refractivity contribution >= 4 is 45.0 Å². The molecule has 0 saturated heterocycles. The second-order valence-corrected chi connectivity index (χ2v) is 8.91. The van der Waals surface area contributed by atoms with Crippen molar-refractivity contribution in [3.05, 3.63) is 69.9 Å². The van der Waals surface area contributed by atoms with Crippen molar-refractivity contribution in [3.8, 4) is 0 Å². The molecule has 1 aliphatic carbocycles. The summed E-state index contributed by atoms with van der Waals surface area (Å²) in [5.41, 5.74) is 2.94. The van der Waals surface area contributed by atoms with Crippen molar-refractivity contribution in [2.45, 2.75) is 45.1 Å². The van der Waals surface area contributed by atoms with E-state index in [1.54, 1.807) is 4.57 Å². The monoisotopic (exact) mass is 417 g/mol. The lowest BCUT2D eigenvalue weighted by Gasteiger charge is -2.16. The number of thiophene rings is 1. The van der Waals surface area contributed by atoms with Crippen LogP contribution in [0.4, 0.5) is 0 Å². The van der Waals surface area contributed by atoms with Gasteiger partial charge in [0.15, 0.2) is 6.10 Å². The lowest BCUT2D eigenvalue weighted by molar-refractivity contribution is 0.0249. The minimum Gasteiger partial charge on any atom is -0.448 e. The SMILES string of the molecule is CCC(OC(=O)c1cc2c(s1)CCCC2)C(=O)n1c2ccccc2c2ccccc21. The van der Waals surface area contributed by atoms with E-state index in [0.29, 0.717) is 11.3 Å². The summed E-state index contributed by atoms with van der Waals surface area (Å²) < 4.78 is 7.45. The fraction of sp³-hybridized carbons (Fsp3) is 0.280. The topological polar surface area (TPSA) is 48.3 Å². The zero-order valence-corrected chi connectivity index (χ0v) is 17.7. The predicted molar refractivity (Wildman–Crippen MR) is 121 cm³/mol. The largest absolute Gasteiger partial charge is 0.448 e. The molecule has 1 aliphatic rings. The summed E-state index contributed by atoms with van der Waals surface area (Å²) in [7, 11) is 0. The van der Waals surface area contributed by atoms with Crippen molar-refractivity contribution < 1.29 is 14.3 Å². The van der Waals surface area contributed by atoms with Crippen LogP contribution in [0, 0.1) is 0 Å². The molecule has 0 radical (unpaired) electrons. The number of aromatic nitrogens is 1. The molecule has 30 heavy (non-hydrogen) atoms. The zero-order valence-electron chi connectivity index (χ0n) is 16.9. The molecule has 152 valence electrons. The van der Waals surface area contributed by atoms with Crippen LogP contribution >= 0.6 is 11.3 Å². The highest BCUT2D eigenvalue weighted by molar-refractivity contribution is 7.14. The quantitative estimate of drug-likeness (QED) is 0.382. The number of esters is 1. The van der Waals surface area contributed by atoms with E-state index in [1.807, 2.05) is 61.5 Å². The number of benzene rings is 2. The van der Waals surface area contributed by atoms with Gasteiger partial charge in [0.05, 0.1) is 11.0 Å². The number of hydrogen-bond donors (Lipinski definition) is 0. The standard InChI is InChI=1S/C25H23NO3S/c1-2-21(29-25(28)23-15-16-9-3-8-14-22(16)30-23)24(27)26-19-12-6-4-10-17(19)18-11-5-7-13-20(18)26/h4-7,10-13,15,21H,2-3,8-9,14H2,1H3. The molecule has 2 aromatic heterocycles. The van der Waals surface area contributed by atoms with Gasteiger partial charge in [-0.2, -0.15) is 0 Å². The van der Waals surface area contributed by atoms with Crippen LogP contribution in [0.1, 0.15) is 51.1 Å². The minimum atomic E-state index is -0.823. The van der Waals surface area contributed by atoms with Gasteiger partial charge in [0, 0.05) is 15.6 Å². The Morgan fingerprint density at radius 2 is 1.63 bits per heavy atom. The number of carbonyl (C=O) groups excluding carboxylic acids is 2. The van der Waals surface area contributed by atoms with Gasteiger partial charge >= 0.3 is 5.97 Å². The molecule has 2 heterocycles. The Hall–Kier alpha value is -2.92. The van der Waals surface area contributed by atoms with E-state index in [0.717, 1.165) is 34.6 Å². The zero-order chi connectivity index (χ0) is 20.7. The average Bonchev–Trinajstić information content (AvgIpc) is 3.36. The lowest BCUT2D eigenvalue weighted by atomic mass is 9.99. The van der Waals surface area contributed by atoms with E-state index in [9.17, 15) is 9.59 Å². The number of carbonyl (C=O) groups is 2. The highest BCUT2D eigenvalue weighted by Crippen LogP contribution is 2.32.